The van der Waals surface area contributed by atoms with E-state index in [1.54, 1.807) is 0 Å². The average Bonchev–Trinajstić information content (AvgIpc) is 2.95. The first-order valence-electron chi connectivity index (χ1n) is 8.33. The normalized spacial score (nSPS) is 27.7. The molecular formula is C16H30N4O. The maximum absolute atomic E-state index is 6.07. The minimum atomic E-state index is -0.129. The van der Waals surface area contributed by atoms with Crippen LogP contribution in [0.5, 0.6) is 0 Å². The molecule has 0 bridgehead atoms. The maximum atomic E-state index is 6.07. The van der Waals surface area contributed by atoms with E-state index < -0.39 is 0 Å². The molecule has 0 radical (unpaired) electrons. The van der Waals surface area contributed by atoms with Gasteiger partial charge in [-0.15, -0.1) is 5.10 Å². The summed E-state index contributed by atoms with van der Waals surface area (Å²) in [5, 5.41) is 12.0. The van der Waals surface area contributed by atoms with Gasteiger partial charge < -0.3 is 10.1 Å². The number of nitrogens with zero attached hydrogens (tertiary/aromatic N) is 3. The van der Waals surface area contributed by atoms with Crippen molar-refractivity contribution < 1.29 is 4.74 Å². The Labute approximate surface area is 128 Å². The number of likely N-dealkylation sites (N-methyl/N-ethyl adjacent to an activating group) is 1. The smallest absolute Gasteiger partial charge is 0.0888 e. The minimum absolute atomic E-state index is 0.129. The Morgan fingerprint density at radius 1 is 1.43 bits per heavy atom. The molecule has 0 spiro atoms. The van der Waals surface area contributed by atoms with Crippen molar-refractivity contribution in [2.75, 3.05) is 13.7 Å². The second-order valence-electron chi connectivity index (χ2n) is 6.32. The Bertz CT molecular complexity index is 424. The first-order chi connectivity index (χ1) is 10.2. The number of aryl methyl sites for hydroxylation is 1. The van der Waals surface area contributed by atoms with Crippen LogP contribution in [0.25, 0.3) is 0 Å². The second kappa shape index (κ2) is 7.36. The van der Waals surface area contributed by atoms with Gasteiger partial charge in [-0.05, 0) is 44.6 Å². The summed E-state index contributed by atoms with van der Waals surface area (Å²) in [7, 11) is 1.86. The Hall–Kier alpha value is -0.940. The average molecular weight is 294 g/mol. The molecule has 1 N–H and O–H groups in total. The molecule has 120 valence electrons. The van der Waals surface area contributed by atoms with E-state index in [9.17, 15) is 0 Å². The summed E-state index contributed by atoms with van der Waals surface area (Å²) >= 11 is 0. The molecule has 21 heavy (non-hydrogen) atoms. The number of nitrogens with one attached hydrogen (secondary N) is 1. The number of methoxy groups -OCH3 is 1. The fraction of sp³-hybridized carbons (Fsp3) is 0.875. The van der Waals surface area contributed by atoms with Crippen LogP contribution >= 0.6 is 0 Å². The van der Waals surface area contributed by atoms with Crippen molar-refractivity contribution in [3.63, 3.8) is 0 Å². The fourth-order valence-corrected chi connectivity index (χ4v) is 3.50. The van der Waals surface area contributed by atoms with E-state index >= 15 is 0 Å². The van der Waals surface area contributed by atoms with Crippen molar-refractivity contribution in [3.05, 3.63) is 11.9 Å². The van der Waals surface area contributed by atoms with E-state index in [-0.39, 0.29) is 11.6 Å². The van der Waals surface area contributed by atoms with Crippen LogP contribution in [0.15, 0.2) is 6.20 Å². The van der Waals surface area contributed by atoms with Gasteiger partial charge in [0.05, 0.1) is 23.5 Å². The molecule has 0 saturated heterocycles. The molecule has 0 amide bonds. The predicted molar refractivity (Wildman–Crippen MR) is 84.1 cm³/mol. The largest absolute Gasteiger partial charge is 0.376 e. The quantitative estimate of drug-likeness (QED) is 0.840. The SMILES string of the molecule is CCCn1nncc1C(NCC)C1(OC)CCC(C)CC1. The summed E-state index contributed by atoms with van der Waals surface area (Å²) in [5.41, 5.74) is 1.03. The number of hydrogen-bond acceptors (Lipinski definition) is 4. The van der Waals surface area contributed by atoms with E-state index in [1.807, 2.05) is 18.0 Å². The van der Waals surface area contributed by atoms with Gasteiger partial charge in [-0.1, -0.05) is 26.0 Å². The Morgan fingerprint density at radius 2 is 2.14 bits per heavy atom. The van der Waals surface area contributed by atoms with Gasteiger partial charge in [0.15, 0.2) is 0 Å². The van der Waals surface area contributed by atoms with Crippen LogP contribution in [0, 0.1) is 5.92 Å². The third-order valence-corrected chi connectivity index (χ3v) is 4.84. The third kappa shape index (κ3) is 3.46. The first-order valence-corrected chi connectivity index (χ1v) is 8.33. The van der Waals surface area contributed by atoms with Crippen LogP contribution in [0.1, 0.15) is 64.6 Å². The molecule has 1 unspecified atom stereocenters. The third-order valence-electron chi connectivity index (χ3n) is 4.84. The van der Waals surface area contributed by atoms with Crippen molar-refractivity contribution in [1.29, 1.82) is 0 Å². The van der Waals surface area contributed by atoms with Gasteiger partial charge in [-0.3, -0.25) is 0 Å². The summed E-state index contributed by atoms with van der Waals surface area (Å²) < 4.78 is 8.10. The summed E-state index contributed by atoms with van der Waals surface area (Å²) in [4.78, 5) is 0. The van der Waals surface area contributed by atoms with Gasteiger partial charge in [0.25, 0.3) is 0 Å². The lowest BCUT2D eigenvalue weighted by Gasteiger charge is -2.44. The molecule has 1 heterocycles. The predicted octanol–water partition coefficient (Wildman–Crippen LogP) is 2.93. The molecule has 0 aromatic carbocycles. The zero-order chi connectivity index (χ0) is 15.3. The van der Waals surface area contributed by atoms with Crippen molar-refractivity contribution in [2.45, 2.75) is 71.1 Å². The van der Waals surface area contributed by atoms with Crippen LogP contribution in [0.3, 0.4) is 0 Å². The number of aromatic nitrogens is 3. The van der Waals surface area contributed by atoms with E-state index in [2.05, 4.69) is 36.4 Å². The fourth-order valence-electron chi connectivity index (χ4n) is 3.50. The molecular weight excluding hydrogens is 264 g/mol. The summed E-state index contributed by atoms with van der Waals surface area (Å²) in [6, 6.07) is 0.168. The number of rotatable bonds is 7. The Balaban J connectivity index is 2.29. The lowest BCUT2D eigenvalue weighted by Crippen LogP contribution is -2.48. The molecule has 1 aliphatic rings. The Kier molecular flexibility index (Phi) is 5.76. The van der Waals surface area contributed by atoms with Crippen molar-refractivity contribution >= 4 is 0 Å². The van der Waals surface area contributed by atoms with Crippen LogP contribution in [0.4, 0.5) is 0 Å². The highest BCUT2D eigenvalue weighted by atomic mass is 16.5. The van der Waals surface area contributed by atoms with E-state index in [0.717, 1.165) is 44.0 Å². The van der Waals surface area contributed by atoms with Crippen LogP contribution in [0.2, 0.25) is 0 Å². The zero-order valence-corrected chi connectivity index (χ0v) is 13.9. The van der Waals surface area contributed by atoms with E-state index in [1.165, 1.54) is 12.8 Å². The summed E-state index contributed by atoms with van der Waals surface area (Å²) in [5.74, 6) is 0.800. The molecule has 2 rings (SSSR count). The van der Waals surface area contributed by atoms with Crippen LogP contribution in [-0.2, 0) is 11.3 Å². The van der Waals surface area contributed by atoms with Crippen LogP contribution in [-0.4, -0.2) is 34.2 Å². The lowest BCUT2D eigenvalue weighted by atomic mass is 9.74. The number of hydrogen-bond donors (Lipinski definition) is 1. The molecule has 5 nitrogen and oxygen atoms in total. The molecule has 1 aliphatic carbocycles. The van der Waals surface area contributed by atoms with Crippen molar-refractivity contribution in [2.24, 2.45) is 5.92 Å². The maximum Gasteiger partial charge on any atom is 0.0888 e. The highest BCUT2D eigenvalue weighted by molar-refractivity contribution is 5.12. The monoisotopic (exact) mass is 294 g/mol. The highest BCUT2D eigenvalue weighted by Gasteiger charge is 2.43. The van der Waals surface area contributed by atoms with Gasteiger partial charge in [0, 0.05) is 13.7 Å². The van der Waals surface area contributed by atoms with E-state index in [0.29, 0.717) is 0 Å². The highest BCUT2D eigenvalue weighted by Crippen LogP contribution is 2.42. The van der Waals surface area contributed by atoms with Crippen molar-refractivity contribution in [3.8, 4) is 0 Å². The van der Waals surface area contributed by atoms with Gasteiger partial charge in [-0.25, -0.2) is 4.68 Å². The standard InChI is InChI=1S/C16H30N4O/c1-5-11-20-14(12-18-19-20)15(17-6-2)16(21-4)9-7-13(3)8-10-16/h12-13,15,17H,5-11H2,1-4H3. The lowest BCUT2D eigenvalue weighted by molar-refractivity contribution is -0.0776. The molecule has 1 aromatic rings. The first kappa shape index (κ1) is 16.4. The summed E-state index contributed by atoms with van der Waals surface area (Å²) in [6.45, 7) is 8.48. The van der Waals surface area contributed by atoms with Gasteiger partial charge in [0.1, 0.15) is 0 Å². The molecule has 1 fully saturated rings. The van der Waals surface area contributed by atoms with Gasteiger partial charge >= 0.3 is 0 Å². The molecule has 1 aromatic heterocycles. The molecule has 1 atom stereocenters. The zero-order valence-electron chi connectivity index (χ0n) is 13.9. The second-order valence-corrected chi connectivity index (χ2v) is 6.32. The van der Waals surface area contributed by atoms with Gasteiger partial charge in [-0.2, -0.15) is 0 Å². The Morgan fingerprint density at radius 3 is 2.71 bits per heavy atom. The minimum Gasteiger partial charge on any atom is -0.376 e. The number of ether oxygens (including phenoxy) is 1. The molecule has 0 aliphatic heterocycles. The molecule has 5 heteroatoms. The van der Waals surface area contributed by atoms with E-state index in [4.69, 9.17) is 4.74 Å². The summed E-state index contributed by atoms with van der Waals surface area (Å²) in [6.07, 6.45) is 7.61. The van der Waals surface area contributed by atoms with Gasteiger partial charge in [0.2, 0.25) is 0 Å². The topological polar surface area (TPSA) is 52.0 Å². The van der Waals surface area contributed by atoms with Crippen LogP contribution < -0.4 is 5.32 Å². The molecule has 1 saturated carbocycles. The van der Waals surface area contributed by atoms with Crippen molar-refractivity contribution in [1.82, 2.24) is 20.3 Å².